The number of rotatable bonds is 4. The van der Waals surface area contributed by atoms with E-state index in [-0.39, 0.29) is 24.0 Å². The van der Waals surface area contributed by atoms with E-state index in [4.69, 9.17) is 14.2 Å². The Balaban J connectivity index is 2.43. The number of carbonyl (C=O) groups excluding carboxylic acids is 3. The lowest BCUT2D eigenvalue weighted by molar-refractivity contribution is -0.176. The fourth-order valence-electron chi connectivity index (χ4n) is 5.84. The quantitative estimate of drug-likeness (QED) is 0.551. The Labute approximate surface area is 178 Å². The van der Waals surface area contributed by atoms with Crippen LogP contribution in [0.2, 0.25) is 0 Å². The van der Waals surface area contributed by atoms with Gasteiger partial charge in [0.1, 0.15) is 22.9 Å². The second kappa shape index (κ2) is 7.71. The summed E-state index contributed by atoms with van der Waals surface area (Å²) < 4.78 is 16.0. The molecule has 0 spiro atoms. The monoisotopic (exact) mass is 416 g/mol. The molecule has 1 saturated carbocycles. The number of ketones is 1. The van der Waals surface area contributed by atoms with E-state index >= 15 is 0 Å². The van der Waals surface area contributed by atoms with E-state index in [1.807, 2.05) is 19.9 Å². The summed E-state index contributed by atoms with van der Waals surface area (Å²) in [6, 6.07) is 3.90. The van der Waals surface area contributed by atoms with Crippen LogP contribution in [0.15, 0.2) is 12.1 Å². The molecule has 6 heteroatoms. The molecule has 0 N–H and O–H groups in total. The van der Waals surface area contributed by atoms with Gasteiger partial charge in [0.25, 0.3) is 0 Å². The van der Waals surface area contributed by atoms with Crippen molar-refractivity contribution in [3.05, 3.63) is 28.8 Å². The van der Waals surface area contributed by atoms with E-state index in [1.165, 1.54) is 14.2 Å². The smallest absolute Gasteiger partial charge is 0.317 e. The van der Waals surface area contributed by atoms with Gasteiger partial charge in [-0.2, -0.15) is 0 Å². The zero-order chi connectivity index (χ0) is 22.4. The Hall–Kier alpha value is -2.37. The van der Waals surface area contributed by atoms with Crippen molar-refractivity contribution in [1.29, 1.82) is 0 Å². The molecule has 0 aromatic heterocycles. The first-order valence-corrected chi connectivity index (χ1v) is 10.5. The van der Waals surface area contributed by atoms with Gasteiger partial charge in [-0.25, -0.2) is 0 Å². The average Bonchev–Trinajstić information content (AvgIpc) is 2.70. The number of aryl methyl sites for hydroxylation is 1. The van der Waals surface area contributed by atoms with E-state index in [1.54, 1.807) is 7.11 Å². The molecule has 6 nitrogen and oxygen atoms in total. The van der Waals surface area contributed by atoms with Gasteiger partial charge in [0.2, 0.25) is 0 Å². The van der Waals surface area contributed by atoms with Crippen LogP contribution in [0.5, 0.6) is 5.75 Å². The van der Waals surface area contributed by atoms with E-state index in [9.17, 15) is 14.4 Å². The fraction of sp³-hybridized carbons (Fsp3) is 0.625. The molecule has 1 fully saturated rings. The molecule has 1 unspecified atom stereocenters. The van der Waals surface area contributed by atoms with Crippen molar-refractivity contribution in [2.45, 2.75) is 58.3 Å². The molecule has 1 aromatic carbocycles. The molecule has 164 valence electrons. The zero-order valence-electron chi connectivity index (χ0n) is 19.0. The highest BCUT2D eigenvalue weighted by atomic mass is 16.5. The lowest BCUT2D eigenvalue weighted by Gasteiger charge is -2.55. The number of fused-ring (bicyclic) bond motifs is 3. The van der Waals surface area contributed by atoms with Crippen molar-refractivity contribution >= 4 is 17.7 Å². The Morgan fingerprint density at radius 2 is 1.77 bits per heavy atom. The number of methoxy groups -OCH3 is 3. The number of hydrogen-bond acceptors (Lipinski definition) is 6. The third-order valence-corrected chi connectivity index (χ3v) is 7.09. The highest BCUT2D eigenvalue weighted by molar-refractivity contribution is 6.08. The maximum Gasteiger partial charge on any atom is 0.317 e. The summed E-state index contributed by atoms with van der Waals surface area (Å²) in [5.74, 6) is -2.16. The summed E-state index contributed by atoms with van der Waals surface area (Å²) in [5, 5.41) is 0. The lowest BCUT2D eigenvalue weighted by atomic mass is 9.45. The Kier molecular flexibility index (Phi) is 5.74. The molecule has 0 radical (unpaired) electrons. The minimum atomic E-state index is -1.43. The molecule has 2 aliphatic carbocycles. The first-order valence-electron chi connectivity index (χ1n) is 10.5. The van der Waals surface area contributed by atoms with Crippen LogP contribution in [0, 0.1) is 17.3 Å². The van der Waals surface area contributed by atoms with Crippen molar-refractivity contribution in [2.24, 2.45) is 17.3 Å². The van der Waals surface area contributed by atoms with Gasteiger partial charge >= 0.3 is 11.9 Å². The maximum atomic E-state index is 13.5. The van der Waals surface area contributed by atoms with Gasteiger partial charge in [-0.15, -0.1) is 0 Å². The number of ether oxygens (including phenoxy) is 3. The van der Waals surface area contributed by atoms with Crippen LogP contribution in [0.25, 0.3) is 0 Å². The zero-order valence-corrected chi connectivity index (χ0v) is 19.0. The average molecular weight is 417 g/mol. The molecule has 0 aliphatic heterocycles. The highest BCUT2D eigenvalue weighted by Gasteiger charge is 2.67. The molecular formula is C24H32O6. The van der Waals surface area contributed by atoms with Crippen LogP contribution in [0.1, 0.15) is 63.1 Å². The third-order valence-electron chi connectivity index (χ3n) is 7.09. The van der Waals surface area contributed by atoms with Gasteiger partial charge in [0.05, 0.1) is 21.3 Å². The molecule has 0 heterocycles. The van der Waals surface area contributed by atoms with Gasteiger partial charge in [0, 0.05) is 6.42 Å². The van der Waals surface area contributed by atoms with E-state index in [0.29, 0.717) is 17.7 Å². The summed E-state index contributed by atoms with van der Waals surface area (Å²) >= 11 is 0. The molecule has 3 rings (SSSR count). The molecule has 0 bridgehead atoms. The van der Waals surface area contributed by atoms with Crippen molar-refractivity contribution in [3.63, 3.8) is 0 Å². The summed E-state index contributed by atoms with van der Waals surface area (Å²) in [7, 11) is 4.15. The highest BCUT2D eigenvalue weighted by Crippen LogP contribution is 2.60. The van der Waals surface area contributed by atoms with Gasteiger partial charge in [-0.1, -0.05) is 33.8 Å². The third kappa shape index (κ3) is 3.03. The fourth-order valence-corrected chi connectivity index (χ4v) is 5.84. The molecule has 30 heavy (non-hydrogen) atoms. The summed E-state index contributed by atoms with van der Waals surface area (Å²) in [4.78, 5) is 39.8. The molecule has 0 amide bonds. The van der Waals surface area contributed by atoms with Crippen LogP contribution in [0.4, 0.5) is 0 Å². The second-order valence-electron chi connectivity index (χ2n) is 9.45. The topological polar surface area (TPSA) is 78.9 Å². The number of hydrogen-bond donors (Lipinski definition) is 0. The Bertz CT molecular complexity index is 884. The van der Waals surface area contributed by atoms with Crippen LogP contribution in [-0.2, 0) is 35.7 Å². The van der Waals surface area contributed by atoms with Crippen LogP contribution >= 0.6 is 0 Å². The van der Waals surface area contributed by atoms with Gasteiger partial charge in [-0.3, -0.25) is 14.4 Å². The predicted molar refractivity (Wildman–Crippen MR) is 111 cm³/mol. The van der Waals surface area contributed by atoms with Crippen LogP contribution in [-0.4, -0.2) is 39.1 Å². The van der Waals surface area contributed by atoms with E-state index in [2.05, 4.69) is 19.9 Å². The van der Waals surface area contributed by atoms with Crippen molar-refractivity contribution < 1.29 is 28.6 Å². The molecule has 2 aliphatic rings. The van der Waals surface area contributed by atoms with Crippen molar-refractivity contribution in [2.75, 3.05) is 21.3 Å². The van der Waals surface area contributed by atoms with Crippen LogP contribution in [0.3, 0.4) is 0 Å². The standard InChI is InChI=1S/C24H32O6/c1-13(2)15-10-14-8-9-19-23(3,4)12-17(25)20(21(26)29-6)24(19,22(27)30-7)16(14)11-18(15)28-5/h10-11,13,19-20H,8-9,12H2,1-7H3/t19-,20?,24-/m1/s1. The first kappa shape index (κ1) is 22.3. The summed E-state index contributed by atoms with van der Waals surface area (Å²) in [5.41, 5.74) is 0.740. The molecule has 1 aromatic rings. The first-order chi connectivity index (χ1) is 14.1. The number of carbonyl (C=O) groups is 3. The predicted octanol–water partition coefficient (Wildman–Crippen LogP) is 3.58. The maximum absolute atomic E-state index is 13.5. The Morgan fingerprint density at radius 3 is 2.30 bits per heavy atom. The molecule has 0 saturated heterocycles. The summed E-state index contributed by atoms with van der Waals surface area (Å²) in [6.45, 7) is 8.14. The molecular weight excluding hydrogens is 384 g/mol. The number of benzene rings is 1. The minimum Gasteiger partial charge on any atom is -0.496 e. The van der Waals surface area contributed by atoms with Gasteiger partial charge in [0.15, 0.2) is 0 Å². The van der Waals surface area contributed by atoms with E-state index < -0.39 is 28.7 Å². The van der Waals surface area contributed by atoms with Crippen molar-refractivity contribution in [3.8, 4) is 5.75 Å². The van der Waals surface area contributed by atoms with Gasteiger partial charge < -0.3 is 14.2 Å². The number of Topliss-reactive ketones (excluding diaryl/α,β-unsaturated/α-hetero) is 1. The normalized spacial score (nSPS) is 27.1. The SMILES string of the molecule is COC(=O)C1C(=O)CC(C)(C)[C@H]2CCc3cc(C(C)C)c(OC)cc3[C@]12C(=O)OC. The minimum absolute atomic E-state index is 0.215. The molecule has 3 atom stereocenters. The lowest BCUT2D eigenvalue weighted by Crippen LogP contribution is -2.64. The second-order valence-corrected chi connectivity index (χ2v) is 9.45. The number of esters is 2. The Morgan fingerprint density at radius 1 is 1.10 bits per heavy atom. The van der Waals surface area contributed by atoms with Crippen LogP contribution < -0.4 is 4.74 Å². The van der Waals surface area contributed by atoms with Gasteiger partial charge in [-0.05, 0) is 52.8 Å². The van der Waals surface area contributed by atoms with E-state index in [0.717, 1.165) is 17.5 Å². The largest absolute Gasteiger partial charge is 0.496 e. The summed E-state index contributed by atoms with van der Waals surface area (Å²) in [6.07, 6.45) is 1.65. The van der Waals surface area contributed by atoms with Crippen molar-refractivity contribution in [1.82, 2.24) is 0 Å².